The number of nitrogens with two attached hydrogens (primary N) is 1. The number of pyridine rings is 1. The quantitative estimate of drug-likeness (QED) is 0.835. The molecule has 0 unspecified atom stereocenters. The van der Waals surface area contributed by atoms with Crippen LogP contribution in [0.15, 0.2) is 47.4 Å². The molecule has 1 aromatic carbocycles. The number of nitrogens with one attached hydrogen (secondary N) is 1. The zero-order chi connectivity index (χ0) is 14.5. The number of aromatic amines is 1. The molecular weight excluding hydrogens is 254 g/mol. The summed E-state index contributed by atoms with van der Waals surface area (Å²) in [7, 11) is 0. The molecule has 0 bridgehead atoms. The van der Waals surface area contributed by atoms with Gasteiger partial charge in [-0.3, -0.25) is 9.59 Å². The second-order valence-electron chi connectivity index (χ2n) is 4.49. The molecule has 2 aromatic rings. The number of rotatable bonds is 4. The van der Waals surface area contributed by atoms with Crippen LogP contribution in [0.2, 0.25) is 0 Å². The highest BCUT2D eigenvalue weighted by molar-refractivity contribution is 6.06. The molecule has 0 aliphatic carbocycles. The van der Waals surface area contributed by atoms with Gasteiger partial charge in [0.25, 0.3) is 5.91 Å². The first kappa shape index (κ1) is 13.9. The Morgan fingerprint density at radius 1 is 1.30 bits per heavy atom. The molecule has 2 rings (SSSR count). The molecule has 0 saturated carbocycles. The van der Waals surface area contributed by atoms with E-state index in [4.69, 9.17) is 5.73 Å². The third-order valence-electron chi connectivity index (χ3n) is 2.91. The van der Waals surface area contributed by atoms with Crippen LogP contribution in [0.3, 0.4) is 0 Å². The molecule has 3 N–H and O–H groups in total. The van der Waals surface area contributed by atoms with Gasteiger partial charge in [0.15, 0.2) is 0 Å². The molecule has 0 atom stereocenters. The molecule has 1 amide bonds. The SMILES string of the molecule is CCCN(C(=O)c1ccc(=O)[nH]c1)c1cccc(N)c1. The highest BCUT2D eigenvalue weighted by atomic mass is 16.2. The highest BCUT2D eigenvalue weighted by Gasteiger charge is 2.17. The number of hydrogen-bond acceptors (Lipinski definition) is 3. The number of hydrogen-bond donors (Lipinski definition) is 2. The van der Waals surface area contributed by atoms with Crippen molar-refractivity contribution in [1.82, 2.24) is 4.98 Å². The minimum absolute atomic E-state index is 0.159. The summed E-state index contributed by atoms with van der Waals surface area (Å²) in [5.74, 6) is -0.159. The molecule has 0 fully saturated rings. The molecule has 0 aliphatic heterocycles. The lowest BCUT2D eigenvalue weighted by Gasteiger charge is -2.22. The topological polar surface area (TPSA) is 79.2 Å². The Labute approximate surface area is 117 Å². The highest BCUT2D eigenvalue weighted by Crippen LogP contribution is 2.20. The van der Waals surface area contributed by atoms with Crippen molar-refractivity contribution in [2.24, 2.45) is 0 Å². The van der Waals surface area contributed by atoms with Crippen LogP contribution in [0.5, 0.6) is 0 Å². The summed E-state index contributed by atoms with van der Waals surface area (Å²) in [4.78, 5) is 27.7. The molecule has 20 heavy (non-hydrogen) atoms. The fourth-order valence-electron chi connectivity index (χ4n) is 1.96. The second kappa shape index (κ2) is 6.06. The summed E-state index contributed by atoms with van der Waals surface area (Å²) in [6.07, 6.45) is 2.25. The number of anilines is 2. The molecule has 5 nitrogen and oxygen atoms in total. The van der Waals surface area contributed by atoms with Gasteiger partial charge in [0.05, 0.1) is 5.56 Å². The Bertz CT molecular complexity index is 644. The predicted octanol–water partition coefficient (Wildman–Crippen LogP) is 2.01. The molecule has 5 heteroatoms. The average molecular weight is 271 g/mol. The summed E-state index contributed by atoms with van der Waals surface area (Å²) < 4.78 is 0. The first-order valence-corrected chi connectivity index (χ1v) is 6.48. The molecule has 0 saturated heterocycles. The van der Waals surface area contributed by atoms with E-state index in [-0.39, 0.29) is 11.5 Å². The van der Waals surface area contributed by atoms with Crippen LogP contribution >= 0.6 is 0 Å². The normalized spacial score (nSPS) is 10.2. The molecule has 1 heterocycles. The maximum absolute atomic E-state index is 12.5. The fourth-order valence-corrected chi connectivity index (χ4v) is 1.96. The molecule has 0 spiro atoms. The summed E-state index contributed by atoms with van der Waals surface area (Å²) in [6.45, 7) is 2.58. The van der Waals surface area contributed by atoms with Crippen LogP contribution in [0.25, 0.3) is 0 Å². The van der Waals surface area contributed by atoms with Crippen molar-refractivity contribution in [1.29, 1.82) is 0 Å². The maximum atomic E-state index is 12.5. The summed E-state index contributed by atoms with van der Waals surface area (Å²) in [5, 5.41) is 0. The van der Waals surface area contributed by atoms with E-state index in [1.807, 2.05) is 19.1 Å². The van der Waals surface area contributed by atoms with E-state index < -0.39 is 0 Å². The third-order valence-corrected chi connectivity index (χ3v) is 2.91. The number of benzene rings is 1. The van der Waals surface area contributed by atoms with Gasteiger partial charge in [0.1, 0.15) is 0 Å². The largest absolute Gasteiger partial charge is 0.399 e. The standard InChI is InChI=1S/C15H17N3O2/c1-2-8-18(13-5-3-4-12(16)9-13)15(20)11-6-7-14(19)17-10-11/h3-7,9-10H,2,8,16H2,1H3,(H,17,19). The lowest BCUT2D eigenvalue weighted by Crippen LogP contribution is -2.32. The summed E-state index contributed by atoms with van der Waals surface area (Å²) in [5.41, 5.74) is 7.34. The van der Waals surface area contributed by atoms with Gasteiger partial charge in [0, 0.05) is 30.2 Å². The Morgan fingerprint density at radius 3 is 2.70 bits per heavy atom. The Morgan fingerprint density at radius 2 is 2.10 bits per heavy atom. The van der Waals surface area contributed by atoms with Crippen LogP contribution in [-0.2, 0) is 0 Å². The fraction of sp³-hybridized carbons (Fsp3) is 0.200. The van der Waals surface area contributed by atoms with Gasteiger partial charge in [0.2, 0.25) is 5.56 Å². The number of carbonyl (C=O) groups excluding carboxylic acids is 1. The summed E-state index contributed by atoms with van der Waals surface area (Å²) in [6, 6.07) is 10.1. The minimum Gasteiger partial charge on any atom is -0.399 e. The van der Waals surface area contributed by atoms with Gasteiger partial charge in [-0.2, -0.15) is 0 Å². The van der Waals surface area contributed by atoms with Crippen molar-refractivity contribution in [3.63, 3.8) is 0 Å². The van der Waals surface area contributed by atoms with E-state index in [9.17, 15) is 9.59 Å². The number of amides is 1. The van der Waals surface area contributed by atoms with Crippen molar-refractivity contribution in [2.75, 3.05) is 17.2 Å². The van der Waals surface area contributed by atoms with E-state index >= 15 is 0 Å². The van der Waals surface area contributed by atoms with E-state index in [1.54, 1.807) is 17.0 Å². The van der Waals surface area contributed by atoms with E-state index in [1.165, 1.54) is 18.3 Å². The van der Waals surface area contributed by atoms with Crippen molar-refractivity contribution in [2.45, 2.75) is 13.3 Å². The Hall–Kier alpha value is -2.56. The predicted molar refractivity (Wildman–Crippen MR) is 79.9 cm³/mol. The van der Waals surface area contributed by atoms with E-state index in [0.29, 0.717) is 17.8 Å². The van der Waals surface area contributed by atoms with Crippen LogP contribution < -0.4 is 16.2 Å². The zero-order valence-corrected chi connectivity index (χ0v) is 11.3. The van der Waals surface area contributed by atoms with Gasteiger partial charge >= 0.3 is 0 Å². The Balaban J connectivity index is 2.35. The second-order valence-corrected chi connectivity index (χ2v) is 4.49. The maximum Gasteiger partial charge on any atom is 0.259 e. The first-order chi connectivity index (χ1) is 9.61. The van der Waals surface area contributed by atoms with Crippen molar-refractivity contribution < 1.29 is 4.79 Å². The number of carbonyl (C=O) groups is 1. The van der Waals surface area contributed by atoms with Crippen LogP contribution in [-0.4, -0.2) is 17.4 Å². The monoisotopic (exact) mass is 271 g/mol. The van der Waals surface area contributed by atoms with Crippen LogP contribution in [0.1, 0.15) is 23.7 Å². The molecular formula is C15H17N3O2. The first-order valence-electron chi connectivity index (χ1n) is 6.48. The lowest BCUT2D eigenvalue weighted by atomic mass is 10.2. The summed E-state index contributed by atoms with van der Waals surface area (Å²) >= 11 is 0. The molecule has 0 radical (unpaired) electrons. The minimum atomic E-state index is -0.229. The van der Waals surface area contributed by atoms with Crippen molar-refractivity contribution >= 4 is 17.3 Å². The number of aromatic nitrogens is 1. The molecule has 1 aromatic heterocycles. The lowest BCUT2D eigenvalue weighted by molar-refractivity contribution is 0.0986. The van der Waals surface area contributed by atoms with E-state index in [0.717, 1.165) is 12.1 Å². The molecule has 0 aliphatic rings. The Kier molecular flexibility index (Phi) is 4.20. The van der Waals surface area contributed by atoms with Crippen molar-refractivity contribution in [3.8, 4) is 0 Å². The van der Waals surface area contributed by atoms with E-state index in [2.05, 4.69) is 4.98 Å². The molecule has 104 valence electrons. The number of nitrogens with zero attached hydrogens (tertiary/aromatic N) is 1. The third kappa shape index (κ3) is 3.06. The van der Waals surface area contributed by atoms with Gasteiger partial charge in [-0.25, -0.2) is 0 Å². The van der Waals surface area contributed by atoms with Crippen molar-refractivity contribution in [3.05, 3.63) is 58.5 Å². The zero-order valence-electron chi connectivity index (χ0n) is 11.3. The number of nitrogen functional groups attached to an aromatic ring is 1. The number of H-pyrrole nitrogens is 1. The van der Waals surface area contributed by atoms with Gasteiger partial charge in [-0.1, -0.05) is 13.0 Å². The van der Waals surface area contributed by atoms with Crippen LogP contribution in [0.4, 0.5) is 11.4 Å². The van der Waals surface area contributed by atoms with Crippen LogP contribution in [0, 0.1) is 0 Å². The van der Waals surface area contributed by atoms with Gasteiger partial charge in [-0.15, -0.1) is 0 Å². The van der Waals surface area contributed by atoms with Gasteiger partial charge in [-0.05, 0) is 30.7 Å². The van der Waals surface area contributed by atoms with Gasteiger partial charge < -0.3 is 15.6 Å². The average Bonchev–Trinajstić information content (AvgIpc) is 2.45. The smallest absolute Gasteiger partial charge is 0.259 e.